The summed E-state index contributed by atoms with van der Waals surface area (Å²) in [5.41, 5.74) is 4.10. The van der Waals surface area contributed by atoms with Crippen molar-refractivity contribution in [3.05, 3.63) is 71.9 Å². The zero-order valence-electron chi connectivity index (χ0n) is 21.4. The largest absolute Gasteiger partial charge is 0.481 e. The molecule has 1 aliphatic heterocycles. The van der Waals surface area contributed by atoms with Gasteiger partial charge in [-0.1, -0.05) is 18.2 Å². The number of aliphatic hydroxyl groups is 1. The van der Waals surface area contributed by atoms with Gasteiger partial charge in [-0.3, -0.25) is 4.79 Å². The minimum atomic E-state index is -2.96. The van der Waals surface area contributed by atoms with Crippen LogP contribution in [0.5, 0.6) is 5.75 Å². The molecule has 7 rings (SSSR count). The smallest absolute Gasteiger partial charge is 0.387 e. The minimum Gasteiger partial charge on any atom is -0.481 e. The number of rotatable bonds is 6. The molecular formula is C29H27F2N5O4. The first-order valence-electron chi connectivity index (χ1n) is 13.4. The van der Waals surface area contributed by atoms with Crippen LogP contribution in [0.3, 0.4) is 0 Å². The number of benzene rings is 1. The predicted octanol–water partition coefficient (Wildman–Crippen LogP) is 4.51. The van der Waals surface area contributed by atoms with Gasteiger partial charge in [-0.05, 0) is 49.3 Å². The molecule has 1 aromatic carbocycles. The highest BCUT2D eigenvalue weighted by molar-refractivity contribution is 5.72. The molecule has 0 radical (unpaired) electrons. The van der Waals surface area contributed by atoms with Crippen molar-refractivity contribution >= 4 is 17.6 Å². The van der Waals surface area contributed by atoms with Crippen molar-refractivity contribution in [2.45, 2.75) is 37.9 Å². The third-order valence-electron chi connectivity index (χ3n) is 8.67. The van der Waals surface area contributed by atoms with Crippen LogP contribution < -0.4 is 9.64 Å². The fourth-order valence-corrected chi connectivity index (χ4v) is 6.96. The average Bonchev–Trinajstić information content (AvgIpc) is 3.57. The number of aliphatic hydroxyl groups excluding tert-OH is 1. The topological polar surface area (TPSA) is 113 Å². The maximum Gasteiger partial charge on any atom is 0.387 e. The van der Waals surface area contributed by atoms with Crippen LogP contribution in [-0.4, -0.2) is 55.2 Å². The number of fused-ring (bicyclic) bond motifs is 5. The molecule has 2 aliphatic carbocycles. The Morgan fingerprint density at radius 2 is 1.75 bits per heavy atom. The van der Waals surface area contributed by atoms with Gasteiger partial charge < -0.3 is 24.3 Å². The van der Waals surface area contributed by atoms with Gasteiger partial charge in [0.05, 0.1) is 23.4 Å². The molecule has 206 valence electrons. The van der Waals surface area contributed by atoms with E-state index in [2.05, 4.69) is 19.9 Å². The first-order chi connectivity index (χ1) is 19.4. The Balaban J connectivity index is 1.20. The lowest BCUT2D eigenvalue weighted by Crippen LogP contribution is -2.45. The standard InChI is InChI=1S/C29H27F2N5O4/c30-28(31)40-22-4-2-1-3-19(22)20-9-21(37)25-26(20)36-14-15(7-8-23(36)34-25)18-10-32-29(33-11-18)35-12-16-5-6-17(13-35)24(16)27(38)39/h1-4,7-8,10-11,14,16-17,20-21,24,28,37H,5-6,9,12-13H2,(H,38,39)/t16-,17+,20-,21-,24+/m0/s1. The summed E-state index contributed by atoms with van der Waals surface area (Å²) in [5, 5.41) is 20.4. The normalized spacial score (nSPS) is 25.5. The van der Waals surface area contributed by atoms with Gasteiger partial charge in [0.1, 0.15) is 11.4 Å². The molecule has 3 aromatic heterocycles. The van der Waals surface area contributed by atoms with Gasteiger partial charge in [-0.25, -0.2) is 15.0 Å². The second-order valence-corrected chi connectivity index (χ2v) is 10.9. The molecular weight excluding hydrogens is 520 g/mol. The molecule has 11 heteroatoms. The Morgan fingerprint density at radius 1 is 1.02 bits per heavy atom. The van der Waals surface area contributed by atoms with Crippen LogP contribution in [0, 0.1) is 17.8 Å². The van der Waals surface area contributed by atoms with Crippen molar-refractivity contribution in [1.29, 1.82) is 0 Å². The highest BCUT2D eigenvalue weighted by Crippen LogP contribution is 2.47. The Morgan fingerprint density at radius 3 is 2.45 bits per heavy atom. The van der Waals surface area contributed by atoms with Gasteiger partial charge in [-0.2, -0.15) is 8.78 Å². The average molecular weight is 548 g/mol. The van der Waals surface area contributed by atoms with Crippen LogP contribution in [0.1, 0.15) is 48.2 Å². The number of para-hydroxylation sites is 1. The van der Waals surface area contributed by atoms with Gasteiger partial charge in [-0.15, -0.1) is 0 Å². The number of hydrogen-bond donors (Lipinski definition) is 2. The number of halogens is 2. The van der Waals surface area contributed by atoms with E-state index in [-0.39, 0.29) is 29.4 Å². The molecule has 40 heavy (non-hydrogen) atoms. The SMILES string of the molecule is O=C(O)[C@H]1[C@@H]2CC[C@H]1CN(c1ncc(-c3ccc4nc5c(n4c3)[C@H](c3ccccc3OC(F)F)C[C@@H]5O)cn1)C2. The molecule has 2 N–H and O–H groups in total. The summed E-state index contributed by atoms with van der Waals surface area (Å²) in [6.45, 7) is -1.68. The summed E-state index contributed by atoms with van der Waals surface area (Å²) in [6.07, 6.45) is 6.73. The number of imidazole rings is 1. The molecule has 2 bridgehead atoms. The van der Waals surface area contributed by atoms with E-state index in [0.717, 1.165) is 29.7 Å². The lowest BCUT2D eigenvalue weighted by Gasteiger charge is -2.35. The number of ether oxygens (including phenoxy) is 1. The molecule has 1 saturated carbocycles. The van der Waals surface area contributed by atoms with Gasteiger partial charge in [0.15, 0.2) is 0 Å². The first kappa shape index (κ1) is 24.9. The number of alkyl halides is 2. The van der Waals surface area contributed by atoms with E-state index >= 15 is 0 Å². The molecule has 0 amide bonds. The molecule has 9 nitrogen and oxygen atoms in total. The molecule has 0 spiro atoms. The number of carbonyl (C=O) groups is 1. The van der Waals surface area contributed by atoms with E-state index < -0.39 is 18.7 Å². The van der Waals surface area contributed by atoms with Crippen LogP contribution in [0.4, 0.5) is 14.7 Å². The van der Waals surface area contributed by atoms with Crippen molar-refractivity contribution in [2.75, 3.05) is 18.0 Å². The van der Waals surface area contributed by atoms with Crippen molar-refractivity contribution in [3.8, 4) is 16.9 Å². The fourth-order valence-electron chi connectivity index (χ4n) is 6.96. The summed E-state index contributed by atoms with van der Waals surface area (Å²) >= 11 is 0. The minimum absolute atomic E-state index is 0.0819. The molecule has 0 unspecified atom stereocenters. The lowest BCUT2D eigenvalue weighted by atomic mass is 9.85. The zero-order valence-corrected chi connectivity index (χ0v) is 21.4. The molecule has 4 aromatic rings. The number of anilines is 1. The van der Waals surface area contributed by atoms with Gasteiger partial charge in [0, 0.05) is 54.3 Å². The van der Waals surface area contributed by atoms with E-state index in [1.807, 2.05) is 22.7 Å². The Bertz CT molecular complexity index is 1580. The highest BCUT2D eigenvalue weighted by Gasteiger charge is 2.46. The number of aromatic nitrogens is 4. The van der Waals surface area contributed by atoms with E-state index in [1.165, 1.54) is 6.07 Å². The number of piperidine rings is 1. The summed E-state index contributed by atoms with van der Waals surface area (Å²) in [7, 11) is 0. The molecule has 4 heterocycles. The van der Waals surface area contributed by atoms with E-state index in [0.29, 0.717) is 42.4 Å². The number of pyridine rings is 1. The second-order valence-electron chi connectivity index (χ2n) is 10.9. The van der Waals surface area contributed by atoms with E-state index in [9.17, 15) is 23.8 Å². The summed E-state index contributed by atoms with van der Waals surface area (Å²) in [4.78, 5) is 27.6. The monoisotopic (exact) mass is 547 g/mol. The number of hydrogen-bond acceptors (Lipinski definition) is 7. The van der Waals surface area contributed by atoms with Crippen LogP contribution in [0.2, 0.25) is 0 Å². The predicted molar refractivity (Wildman–Crippen MR) is 140 cm³/mol. The molecule has 2 fully saturated rings. The van der Waals surface area contributed by atoms with Crippen molar-refractivity contribution in [3.63, 3.8) is 0 Å². The van der Waals surface area contributed by atoms with E-state index in [1.54, 1.807) is 30.6 Å². The quantitative estimate of drug-likeness (QED) is 0.363. The van der Waals surface area contributed by atoms with Crippen molar-refractivity contribution in [2.24, 2.45) is 17.8 Å². The van der Waals surface area contributed by atoms with Crippen LogP contribution in [0.25, 0.3) is 16.8 Å². The summed E-state index contributed by atoms with van der Waals surface area (Å²) < 4.78 is 32.9. The maximum absolute atomic E-state index is 13.1. The zero-order chi connectivity index (χ0) is 27.5. The maximum atomic E-state index is 13.1. The summed E-state index contributed by atoms with van der Waals surface area (Å²) in [5.74, 6) is -0.464. The second kappa shape index (κ2) is 9.51. The molecule has 1 saturated heterocycles. The highest BCUT2D eigenvalue weighted by atomic mass is 19.3. The number of nitrogens with zero attached hydrogens (tertiary/aromatic N) is 5. The summed E-state index contributed by atoms with van der Waals surface area (Å²) in [6, 6.07) is 10.4. The Hall–Kier alpha value is -4.12. The van der Waals surface area contributed by atoms with Crippen LogP contribution >= 0.6 is 0 Å². The Kier molecular flexibility index (Phi) is 5.92. The van der Waals surface area contributed by atoms with E-state index in [4.69, 9.17) is 4.74 Å². The van der Waals surface area contributed by atoms with Crippen molar-refractivity contribution < 1.29 is 28.5 Å². The number of aliphatic carboxylic acids is 1. The molecule has 3 aliphatic rings. The van der Waals surface area contributed by atoms with Gasteiger partial charge in [0.2, 0.25) is 5.95 Å². The van der Waals surface area contributed by atoms with Gasteiger partial charge >= 0.3 is 12.6 Å². The fraction of sp³-hybridized carbons (Fsp3) is 0.379. The van der Waals surface area contributed by atoms with Crippen LogP contribution in [-0.2, 0) is 4.79 Å². The van der Waals surface area contributed by atoms with Crippen LogP contribution in [0.15, 0.2) is 55.0 Å². The third-order valence-corrected chi connectivity index (χ3v) is 8.67. The number of carboxylic acids is 1. The van der Waals surface area contributed by atoms with Gasteiger partial charge in [0.25, 0.3) is 0 Å². The Labute approximate surface area is 228 Å². The first-order valence-corrected chi connectivity index (χ1v) is 13.4. The third kappa shape index (κ3) is 4.07. The number of carboxylic acid groups (broad SMARTS) is 1. The van der Waals surface area contributed by atoms with Crippen molar-refractivity contribution in [1.82, 2.24) is 19.4 Å². The molecule has 5 atom stereocenters. The lowest BCUT2D eigenvalue weighted by molar-refractivity contribution is -0.144.